The predicted molar refractivity (Wildman–Crippen MR) is 85.0 cm³/mol. The van der Waals surface area contributed by atoms with Crippen LogP contribution < -0.4 is 5.32 Å². The topological polar surface area (TPSA) is 67.8 Å². The number of aliphatic hydroxyl groups is 1. The van der Waals surface area contributed by atoms with Gasteiger partial charge in [-0.15, -0.1) is 0 Å². The Bertz CT molecular complexity index is 541. The Labute approximate surface area is 143 Å². The van der Waals surface area contributed by atoms with Crippen LogP contribution in [0.3, 0.4) is 0 Å². The molecule has 1 heterocycles. The number of nitrogens with one attached hydrogen (secondary N) is 1. The molecule has 1 aromatic carbocycles. The summed E-state index contributed by atoms with van der Waals surface area (Å²) in [5.74, 6) is -0.376. The quantitative estimate of drug-likeness (QED) is 0.784. The minimum atomic E-state index is -0.376. The molecule has 8 heteroatoms. The van der Waals surface area contributed by atoms with Crippen LogP contribution in [0.25, 0.3) is 0 Å². The van der Waals surface area contributed by atoms with E-state index >= 15 is 0 Å². The Morgan fingerprint density at radius 1 is 1.41 bits per heavy atom. The van der Waals surface area contributed by atoms with Crippen LogP contribution in [0.15, 0.2) is 12.1 Å². The van der Waals surface area contributed by atoms with Crippen LogP contribution in [-0.2, 0) is 9.47 Å². The van der Waals surface area contributed by atoms with E-state index < -0.39 is 0 Å². The number of carbonyl (C=O) groups excluding carboxylic acids is 1. The smallest absolute Gasteiger partial charge is 0.253 e. The molecule has 0 bridgehead atoms. The molecule has 0 aromatic heterocycles. The molecule has 0 unspecified atom stereocenters. The highest BCUT2D eigenvalue weighted by Gasteiger charge is 2.29. The summed E-state index contributed by atoms with van der Waals surface area (Å²) >= 11 is 17.9. The first kappa shape index (κ1) is 17.8. The third-order valence-corrected chi connectivity index (χ3v) is 4.30. The van der Waals surface area contributed by atoms with Crippen molar-refractivity contribution < 1.29 is 19.4 Å². The standard InChI is InChI=1S/C14H16Cl3NO4/c15-8-5-9(13(17)10(16)6-8)14(20)18-11-1-3-21-7-12(11)22-4-2-19/h5-6,11-12,19H,1-4,7H2,(H,18,20)/t11-,12-/m1/s1. The maximum Gasteiger partial charge on any atom is 0.253 e. The van der Waals surface area contributed by atoms with Crippen LogP contribution in [0.5, 0.6) is 0 Å². The van der Waals surface area contributed by atoms with Crippen molar-refractivity contribution in [2.75, 3.05) is 26.4 Å². The van der Waals surface area contributed by atoms with Gasteiger partial charge in [0.2, 0.25) is 0 Å². The number of aliphatic hydroxyl groups excluding tert-OH is 1. The molecule has 2 atom stereocenters. The molecule has 1 amide bonds. The van der Waals surface area contributed by atoms with E-state index in [2.05, 4.69) is 5.32 Å². The molecule has 22 heavy (non-hydrogen) atoms. The molecule has 1 saturated heterocycles. The summed E-state index contributed by atoms with van der Waals surface area (Å²) in [7, 11) is 0. The predicted octanol–water partition coefficient (Wildman–Crippen LogP) is 2.54. The van der Waals surface area contributed by atoms with E-state index in [1.54, 1.807) is 0 Å². The zero-order chi connectivity index (χ0) is 16.1. The van der Waals surface area contributed by atoms with E-state index in [0.717, 1.165) is 0 Å². The van der Waals surface area contributed by atoms with Crippen LogP contribution in [0.4, 0.5) is 0 Å². The SMILES string of the molecule is O=C(N[C@@H]1CCOC[C@H]1OCCO)c1cc(Cl)cc(Cl)c1Cl. The second kappa shape index (κ2) is 8.34. The number of ether oxygens (including phenoxy) is 2. The monoisotopic (exact) mass is 367 g/mol. The summed E-state index contributed by atoms with van der Waals surface area (Å²) in [5, 5.41) is 12.4. The lowest BCUT2D eigenvalue weighted by molar-refractivity contribution is -0.0737. The van der Waals surface area contributed by atoms with E-state index in [1.165, 1.54) is 12.1 Å². The van der Waals surface area contributed by atoms with Crippen LogP contribution >= 0.6 is 34.8 Å². The van der Waals surface area contributed by atoms with Gasteiger partial charge in [0, 0.05) is 11.6 Å². The van der Waals surface area contributed by atoms with Gasteiger partial charge in [0.25, 0.3) is 5.91 Å². The van der Waals surface area contributed by atoms with Gasteiger partial charge in [0.15, 0.2) is 0 Å². The fourth-order valence-electron chi connectivity index (χ4n) is 2.21. The first-order chi connectivity index (χ1) is 10.5. The zero-order valence-corrected chi connectivity index (χ0v) is 13.9. The van der Waals surface area contributed by atoms with Crippen molar-refractivity contribution in [2.24, 2.45) is 0 Å². The van der Waals surface area contributed by atoms with Crippen molar-refractivity contribution in [3.05, 3.63) is 32.8 Å². The molecular formula is C14H16Cl3NO4. The number of hydrogen-bond donors (Lipinski definition) is 2. The van der Waals surface area contributed by atoms with Crippen molar-refractivity contribution >= 4 is 40.7 Å². The highest BCUT2D eigenvalue weighted by Crippen LogP contribution is 2.30. The van der Waals surface area contributed by atoms with Gasteiger partial charge >= 0.3 is 0 Å². The van der Waals surface area contributed by atoms with E-state index in [0.29, 0.717) is 24.7 Å². The van der Waals surface area contributed by atoms with Gasteiger partial charge < -0.3 is 19.9 Å². The molecule has 0 saturated carbocycles. The highest BCUT2D eigenvalue weighted by molar-refractivity contribution is 6.45. The van der Waals surface area contributed by atoms with E-state index in [1.807, 2.05) is 0 Å². The molecule has 0 spiro atoms. The summed E-state index contributed by atoms with van der Waals surface area (Å²) in [5.41, 5.74) is 0.214. The second-order valence-electron chi connectivity index (χ2n) is 4.83. The summed E-state index contributed by atoms with van der Waals surface area (Å²) in [6.07, 6.45) is 0.284. The molecule has 2 N–H and O–H groups in total. The van der Waals surface area contributed by atoms with Gasteiger partial charge in [-0.3, -0.25) is 4.79 Å². The molecule has 1 aliphatic rings. The lowest BCUT2D eigenvalue weighted by Crippen LogP contribution is -2.50. The Hall–Kier alpha value is -0.560. The molecule has 122 valence electrons. The summed E-state index contributed by atoms with van der Waals surface area (Å²) in [6, 6.07) is 2.71. The molecule has 0 radical (unpaired) electrons. The number of halogens is 3. The van der Waals surface area contributed by atoms with Crippen LogP contribution in [0, 0.1) is 0 Å². The second-order valence-corrected chi connectivity index (χ2v) is 6.05. The van der Waals surface area contributed by atoms with E-state index in [9.17, 15) is 4.79 Å². The van der Waals surface area contributed by atoms with Gasteiger partial charge in [-0.1, -0.05) is 34.8 Å². The van der Waals surface area contributed by atoms with Gasteiger partial charge in [-0.05, 0) is 18.6 Å². The Kier molecular flexibility index (Phi) is 6.74. The van der Waals surface area contributed by atoms with Crippen molar-refractivity contribution in [3.8, 4) is 0 Å². The minimum absolute atomic E-state index is 0.0904. The average molecular weight is 369 g/mol. The lowest BCUT2D eigenvalue weighted by atomic mass is 10.1. The van der Waals surface area contributed by atoms with Crippen molar-refractivity contribution in [1.82, 2.24) is 5.32 Å². The summed E-state index contributed by atoms with van der Waals surface area (Å²) in [6.45, 7) is 0.972. The first-order valence-electron chi connectivity index (χ1n) is 6.78. The lowest BCUT2D eigenvalue weighted by Gasteiger charge is -2.32. The van der Waals surface area contributed by atoms with Gasteiger partial charge in [-0.2, -0.15) is 0 Å². The number of amides is 1. The zero-order valence-electron chi connectivity index (χ0n) is 11.7. The normalized spacial score (nSPS) is 21.6. The first-order valence-corrected chi connectivity index (χ1v) is 7.92. The van der Waals surface area contributed by atoms with Gasteiger partial charge in [-0.25, -0.2) is 0 Å². The molecular weight excluding hydrogens is 353 g/mol. The Morgan fingerprint density at radius 3 is 2.91 bits per heavy atom. The van der Waals surface area contributed by atoms with Crippen LogP contribution in [0.1, 0.15) is 16.8 Å². The average Bonchev–Trinajstić information content (AvgIpc) is 2.50. The van der Waals surface area contributed by atoms with Crippen molar-refractivity contribution in [1.29, 1.82) is 0 Å². The summed E-state index contributed by atoms with van der Waals surface area (Å²) in [4.78, 5) is 12.4. The molecule has 1 fully saturated rings. The molecule has 5 nitrogen and oxygen atoms in total. The number of benzene rings is 1. The van der Waals surface area contributed by atoms with Crippen molar-refractivity contribution in [2.45, 2.75) is 18.6 Å². The van der Waals surface area contributed by atoms with Crippen LogP contribution in [-0.4, -0.2) is 49.6 Å². The molecule has 0 aliphatic carbocycles. The van der Waals surface area contributed by atoms with E-state index in [4.69, 9.17) is 49.4 Å². The Balaban J connectivity index is 2.09. The number of hydrogen-bond acceptors (Lipinski definition) is 4. The van der Waals surface area contributed by atoms with Gasteiger partial charge in [0.1, 0.15) is 6.10 Å². The van der Waals surface area contributed by atoms with E-state index in [-0.39, 0.29) is 46.9 Å². The fraction of sp³-hybridized carbons (Fsp3) is 0.500. The largest absolute Gasteiger partial charge is 0.394 e. The summed E-state index contributed by atoms with van der Waals surface area (Å²) < 4.78 is 10.8. The van der Waals surface area contributed by atoms with Crippen molar-refractivity contribution in [3.63, 3.8) is 0 Å². The fourth-order valence-corrected chi connectivity index (χ4v) is 2.90. The third kappa shape index (κ3) is 4.47. The minimum Gasteiger partial charge on any atom is -0.394 e. The van der Waals surface area contributed by atoms with Crippen LogP contribution in [0.2, 0.25) is 15.1 Å². The van der Waals surface area contributed by atoms with Gasteiger partial charge in [0.05, 0.1) is 41.5 Å². The highest BCUT2D eigenvalue weighted by atomic mass is 35.5. The number of rotatable bonds is 5. The number of carbonyl (C=O) groups is 1. The maximum absolute atomic E-state index is 12.4. The molecule has 2 rings (SSSR count). The third-order valence-electron chi connectivity index (χ3n) is 3.28. The Morgan fingerprint density at radius 2 is 2.18 bits per heavy atom. The molecule has 1 aromatic rings. The maximum atomic E-state index is 12.4. The molecule has 1 aliphatic heterocycles.